The zero-order chi connectivity index (χ0) is 13.0. The summed E-state index contributed by atoms with van der Waals surface area (Å²) in [4.78, 5) is 0. The Morgan fingerprint density at radius 2 is 2.22 bits per heavy atom. The molecule has 1 saturated heterocycles. The summed E-state index contributed by atoms with van der Waals surface area (Å²) >= 11 is 0. The van der Waals surface area contributed by atoms with Gasteiger partial charge in [-0.3, -0.25) is 0 Å². The summed E-state index contributed by atoms with van der Waals surface area (Å²) in [6.07, 6.45) is 0.905. The molecule has 1 fully saturated rings. The molecule has 0 amide bonds. The lowest BCUT2D eigenvalue weighted by molar-refractivity contribution is -0.104. The van der Waals surface area contributed by atoms with Crippen LogP contribution in [-0.4, -0.2) is 32.8 Å². The van der Waals surface area contributed by atoms with Crippen molar-refractivity contribution in [3.05, 3.63) is 35.1 Å². The molecule has 18 heavy (non-hydrogen) atoms. The Morgan fingerprint density at radius 1 is 1.44 bits per heavy atom. The summed E-state index contributed by atoms with van der Waals surface area (Å²) in [6, 6.07) is 5.28. The summed E-state index contributed by atoms with van der Waals surface area (Å²) in [5.41, 5.74) is 7.74. The summed E-state index contributed by atoms with van der Waals surface area (Å²) in [5, 5.41) is 3.41. The molecule has 0 spiro atoms. The Morgan fingerprint density at radius 3 is 2.78 bits per heavy atom. The van der Waals surface area contributed by atoms with Crippen molar-refractivity contribution in [1.29, 1.82) is 0 Å². The van der Waals surface area contributed by atoms with Crippen molar-refractivity contribution in [3.8, 4) is 0 Å². The Bertz CT molecular complexity index is 399. The minimum Gasteiger partial charge on any atom is -0.380 e. The number of aryl methyl sites for hydroxylation is 1. The van der Waals surface area contributed by atoms with Gasteiger partial charge in [0.1, 0.15) is 5.82 Å². The molecule has 1 heterocycles. The van der Waals surface area contributed by atoms with Gasteiger partial charge in [-0.2, -0.15) is 0 Å². The highest BCUT2D eigenvalue weighted by atomic mass is 19.1. The lowest BCUT2D eigenvalue weighted by Gasteiger charge is -2.40. The van der Waals surface area contributed by atoms with Crippen molar-refractivity contribution in [3.63, 3.8) is 0 Å². The van der Waals surface area contributed by atoms with Crippen molar-refractivity contribution in [2.45, 2.75) is 13.3 Å². The standard InChI is InChI=1S/C14H21FN2O/c1-11-6-12(2-3-13(11)15)4-5-17-8-14(7-16)9-18-10-14/h2-3,6,17H,4-5,7-10,16H2,1H3. The molecule has 1 aliphatic heterocycles. The summed E-state index contributed by atoms with van der Waals surface area (Å²) < 4.78 is 18.3. The van der Waals surface area contributed by atoms with E-state index in [0.717, 1.165) is 38.3 Å². The second-order valence-electron chi connectivity index (χ2n) is 5.21. The van der Waals surface area contributed by atoms with Gasteiger partial charge in [0.15, 0.2) is 0 Å². The van der Waals surface area contributed by atoms with E-state index in [2.05, 4.69) is 5.32 Å². The number of rotatable bonds is 6. The molecule has 4 heteroatoms. The van der Waals surface area contributed by atoms with Crippen molar-refractivity contribution in [2.75, 3.05) is 32.8 Å². The van der Waals surface area contributed by atoms with Crippen LogP contribution in [0.1, 0.15) is 11.1 Å². The van der Waals surface area contributed by atoms with Crippen LogP contribution in [0.3, 0.4) is 0 Å². The first-order valence-corrected chi connectivity index (χ1v) is 6.39. The van der Waals surface area contributed by atoms with Crippen LogP contribution < -0.4 is 11.1 Å². The molecular formula is C14H21FN2O. The van der Waals surface area contributed by atoms with E-state index in [1.54, 1.807) is 6.92 Å². The monoisotopic (exact) mass is 252 g/mol. The molecular weight excluding hydrogens is 231 g/mol. The van der Waals surface area contributed by atoms with Gasteiger partial charge in [-0.1, -0.05) is 12.1 Å². The van der Waals surface area contributed by atoms with E-state index in [4.69, 9.17) is 10.5 Å². The first-order valence-electron chi connectivity index (χ1n) is 6.39. The average molecular weight is 252 g/mol. The number of nitrogens with two attached hydrogens (primary N) is 1. The molecule has 3 nitrogen and oxygen atoms in total. The van der Waals surface area contributed by atoms with Crippen molar-refractivity contribution in [2.24, 2.45) is 11.1 Å². The van der Waals surface area contributed by atoms with Crippen molar-refractivity contribution < 1.29 is 9.13 Å². The van der Waals surface area contributed by atoms with Crippen LogP contribution in [0.2, 0.25) is 0 Å². The van der Waals surface area contributed by atoms with E-state index in [9.17, 15) is 4.39 Å². The molecule has 0 radical (unpaired) electrons. The molecule has 1 aromatic rings. The van der Waals surface area contributed by atoms with Crippen LogP contribution in [-0.2, 0) is 11.2 Å². The second kappa shape index (κ2) is 5.78. The van der Waals surface area contributed by atoms with Gasteiger partial charge in [-0.05, 0) is 37.1 Å². The van der Waals surface area contributed by atoms with Gasteiger partial charge in [0.2, 0.25) is 0 Å². The summed E-state index contributed by atoms with van der Waals surface area (Å²) in [5.74, 6) is -0.139. The molecule has 0 bridgehead atoms. The third kappa shape index (κ3) is 3.07. The lowest BCUT2D eigenvalue weighted by Crippen LogP contribution is -2.54. The number of nitrogens with one attached hydrogen (secondary N) is 1. The summed E-state index contributed by atoms with van der Waals surface area (Å²) in [7, 11) is 0. The van der Waals surface area contributed by atoms with Gasteiger partial charge in [-0.25, -0.2) is 4.39 Å². The molecule has 100 valence electrons. The Labute approximate surface area is 108 Å². The molecule has 1 aliphatic rings. The Hall–Kier alpha value is -0.970. The quantitative estimate of drug-likeness (QED) is 0.749. The third-order valence-corrected chi connectivity index (χ3v) is 3.56. The van der Waals surface area contributed by atoms with Gasteiger partial charge >= 0.3 is 0 Å². The van der Waals surface area contributed by atoms with E-state index in [-0.39, 0.29) is 11.2 Å². The molecule has 0 aromatic heterocycles. The molecule has 3 N–H and O–H groups in total. The average Bonchev–Trinajstić information content (AvgIpc) is 2.32. The van der Waals surface area contributed by atoms with Crippen LogP contribution in [0.5, 0.6) is 0 Å². The Kier molecular flexibility index (Phi) is 4.32. The molecule has 0 aliphatic carbocycles. The van der Waals surface area contributed by atoms with Gasteiger partial charge in [0.25, 0.3) is 0 Å². The van der Waals surface area contributed by atoms with Crippen molar-refractivity contribution in [1.82, 2.24) is 5.32 Å². The first-order chi connectivity index (χ1) is 8.65. The number of ether oxygens (including phenoxy) is 1. The maximum Gasteiger partial charge on any atom is 0.126 e. The molecule has 2 rings (SSSR count). The van der Waals surface area contributed by atoms with Gasteiger partial charge in [-0.15, -0.1) is 0 Å². The zero-order valence-corrected chi connectivity index (χ0v) is 10.8. The highest BCUT2D eigenvalue weighted by Crippen LogP contribution is 2.24. The molecule has 0 saturated carbocycles. The van der Waals surface area contributed by atoms with Gasteiger partial charge in [0.05, 0.1) is 13.2 Å². The minimum absolute atomic E-state index is 0.138. The SMILES string of the molecule is Cc1cc(CCNCC2(CN)COC2)ccc1F. The predicted octanol–water partition coefficient (Wildman–Crippen LogP) is 1.24. The fraction of sp³-hybridized carbons (Fsp3) is 0.571. The van der Waals surface area contributed by atoms with Gasteiger partial charge in [0, 0.05) is 18.5 Å². The Balaban J connectivity index is 1.73. The fourth-order valence-corrected chi connectivity index (χ4v) is 2.13. The largest absolute Gasteiger partial charge is 0.380 e. The van der Waals surface area contributed by atoms with Crippen LogP contribution >= 0.6 is 0 Å². The molecule has 1 aromatic carbocycles. The highest BCUT2D eigenvalue weighted by Gasteiger charge is 2.36. The smallest absolute Gasteiger partial charge is 0.126 e. The van der Waals surface area contributed by atoms with Crippen LogP contribution in [0.25, 0.3) is 0 Å². The van der Waals surface area contributed by atoms with E-state index in [0.29, 0.717) is 12.1 Å². The topological polar surface area (TPSA) is 47.3 Å². The summed E-state index contributed by atoms with van der Waals surface area (Å²) in [6.45, 7) is 5.74. The number of hydrogen-bond donors (Lipinski definition) is 2. The number of benzene rings is 1. The second-order valence-corrected chi connectivity index (χ2v) is 5.21. The highest BCUT2D eigenvalue weighted by molar-refractivity contribution is 5.24. The third-order valence-electron chi connectivity index (χ3n) is 3.56. The van der Waals surface area contributed by atoms with E-state index < -0.39 is 0 Å². The maximum atomic E-state index is 13.1. The number of hydrogen-bond acceptors (Lipinski definition) is 3. The minimum atomic E-state index is -0.139. The van der Waals surface area contributed by atoms with Crippen LogP contribution in [0, 0.1) is 18.2 Å². The first kappa shape index (κ1) is 13.5. The fourth-order valence-electron chi connectivity index (χ4n) is 2.13. The van der Waals surface area contributed by atoms with Crippen LogP contribution in [0.15, 0.2) is 18.2 Å². The number of halogens is 1. The van der Waals surface area contributed by atoms with E-state index in [1.807, 2.05) is 12.1 Å². The molecule has 0 unspecified atom stereocenters. The van der Waals surface area contributed by atoms with Crippen LogP contribution in [0.4, 0.5) is 4.39 Å². The van der Waals surface area contributed by atoms with Crippen molar-refractivity contribution >= 4 is 0 Å². The van der Waals surface area contributed by atoms with Gasteiger partial charge < -0.3 is 15.8 Å². The maximum absolute atomic E-state index is 13.1. The molecule has 0 atom stereocenters. The van der Waals surface area contributed by atoms with E-state index >= 15 is 0 Å². The van der Waals surface area contributed by atoms with E-state index in [1.165, 1.54) is 6.07 Å². The predicted molar refractivity (Wildman–Crippen MR) is 70.0 cm³/mol. The normalized spacial score (nSPS) is 17.5. The lowest BCUT2D eigenvalue weighted by atomic mass is 9.86. The zero-order valence-electron chi connectivity index (χ0n) is 10.8.